The van der Waals surface area contributed by atoms with Gasteiger partial charge >= 0.3 is 5.69 Å². The minimum atomic E-state index is -0.415. The first-order valence-electron chi connectivity index (χ1n) is 5.56. The topological polar surface area (TPSA) is 60.9 Å². The molecule has 2 N–H and O–H groups in total. The van der Waals surface area contributed by atoms with E-state index in [4.69, 9.17) is 5.73 Å². The van der Waals surface area contributed by atoms with Crippen molar-refractivity contribution in [1.29, 1.82) is 0 Å². The van der Waals surface area contributed by atoms with E-state index >= 15 is 0 Å². The molecule has 0 saturated carbocycles. The minimum absolute atomic E-state index is 0.157. The molecule has 1 aromatic carbocycles. The lowest BCUT2D eigenvalue weighted by molar-refractivity contribution is 0.589. The molecule has 0 aliphatic carbocycles. The van der Waals surface area contributed by atoms with Gasteiger partial charge in [-0.2, -0.15) is 4.98 Å². The molecular weight excluding hydrogens is 233 g/mol. The van der Waals surface area contributed by atoms with E-state index in [-0.39, 0.29) is 12.2 Å². The maximum Gasteiger partial charge on any atom is 0.348 e. The summed E-state index contributed by atoms with van der Waals surface area (Å²) >= 11 is 0. The van der Waals surface area contributed by atoms with E-state index in [9.17, 15) is 9.18 Å². The lowest BCUT2D eigenvalue weighted by Gasteiger charge is -2.10. The summed E-state index contributed by atoms with van der Waals surface area (Å²) in [5, 5.41) is 0. The minimum Gasteiger partial charge on any atom is -0.399 e. The standard InChI is InChI=1S/C13H14FN3O/c1-8-5-9(2)17(13(18)16-8)7-10-3-4-11(15)6-12(10)14/h3-6H,7,15H2,1-2H3. The third-order valence-electron chi connectivity index (χ3n) is 2.75. The second kappa shape index (κ2) is 4.60. The van der Waals surface area contributed by atoms with E-state index in [1.165, 1.54) is 10.6 Å². The van der Waals surface area contributed by atoms with Gasteiger partial charge in [-0.1, -0.05) is 6.07 Å². The number of benzene rings is 1. The Hall–Kier alpha value is -2.17. The van der Waals surface area contributed by atoms with Gasteiger partial charge in [0, 0.05) is 22.6 Å². The molecule has 18 heavy (non-hydrogen) atoms. The monoisotopic (exact) mass is 247 g/mol. The largest absolute Gasteiger partial charge is 0.399 e. The molecule has 0 radical (unpaired) electrons. The lowest BCUT2D eigenvalue weighted by atomic mass is 10.2. The zero-order valence-electron chi connectivity index (χ0n) is 10.3. The summed E-state index contributed by atoms with van der Waals surface area (Å²) in [6.07, 6.45) is 0. The van der Waals surface area contributed by atoms with Crippen molar-refractivity contribution in [3.05, 3.63) is 57.5 Å². The molecular formula is C13H14FN3O. The van der Waals surface area contributed by atoms with E-state index in [1.54, 1.807) is 32.0 Å². The van der Waals surface area contributed by atoms with Crippen LogP contribution < -0.4 is 11.4 Å². The SMILES string of the molecule is Cc1cc(C)n(Cc2ccc(N)cc2F)c(=O)n1. The third kappa shape index (κ3) is 2.40. The second-order valence-corrected chi connectivity index (χ2v) is 4.26. The van der Waals surface area contributed by atoms with E-state index in [1.807, 2.05) is 0 Å². The molecule has 0 aliphatic heterocycles. The van der Waals surface area contributed by atoms with Crippen LogP contribution in [0.25, 0.3) is 0 Å². The highest BCUT2D eigenvalue weighted by molar-refractivity contribution is 5.40. The Balaban J connectivity index is 2.43. The molecule has 94 valence electrons. The first kappa shape index (κ1) is 12.3. The number of hydrogen-bond acceptors (Lipinski definition) is 3. The van der Waals surface area contributed by atoms with Crippen LogP contribution >= 0.6 is 0 Å². The summed E-state index contributed by atoms with van der Waals surface area (Å²) in [6, 6.07) is 6.23. The lowest BCUT2D eigenvalue weighted by Crippen LogP contribution is -2.26. The van der Waals surface area contributed by atoms with Crippen molar-refractivity contribution in [1.82, 2.24) is 9.55 Å². The summed E-state index contributed by atoms with van der Waals surface area (Å²) < 4.78 is 15.1. The molecule has 0 atom stereocenters. The van der Waals surface area contributed by atoms with Crippen LogP contribution in [0.4, 0.5) is 10.1 Å². The first-order valence-corrected chi connectivity index (χ1v) is 5.56. The average molecular weight is 247 g/mol. The number of nitrogens with zero attached hydrogens (tertiary/aromatic N) is 2. The van der Waals surface area contributed by atoms with Crippen molar-refractivity contribution < 1.29 is 4.39 Å². The van der Waals surface area contributed by atoms with Gasteiger partial charge in [-0.25, -0.2) is 9.18 Å². The van der Waals surface area contributed by atoms with Crippen LogP contribution in [0.2, 0.25) is 0 Å². The Bertz CT molecular complexity index is 649. The molecule has 0 spiro atoms. The Labute approximate surface area is 104 Å². The number of aryl methyl sites for hydroxylation is 2. The normalized spacial score (nSPS) is 10.6. The zero-order chi connectivity index (χ0) is 13.3. The Morgan fingerprint density at radius 3 is 2.67 bits per heavy atom. The number of anilines is 1. The summed E-state index contributed by atoms with van der Waals surface area (Å²) in [7, 11) is 0. The quantitative estimate of drug-likeness (QED) is 0.820. The average Bonchev–Trinajstić information content (AvgIpc) is 2.25. The number of nitrogen functional groups attached to an aromatic ring is 1. The number of aromatic nitrogens is 2. The van der Waals surface area contributed by atoms with Crippen molar-refractivity contribution in [2.45, 2.75) is 20.4 Å². The van der Waals surface area contributed by atoms with Crippen molar-refractivity contribution in [3.63, 3.8) is 0 Å². The smallest absolute Gasteiger partial charge is 0.348 e. The first-order chi connectivity index (χ1) is 8.47. The number of rotatable bonds is 2. The molecule has 0 aliphatic rings. The molecule has 4 nitrogen and oxygen atoms in total. The van der Waals surface area contributed by atoms with Crippen LogP contribution in [0.5, 0.6) is 0 Å². The molecule has 0 saturated heterocycles. The maximum atomic E-state index is 13.7. The van der Waals surface area contributed by atoms with Crippen LogP contribution in [0.15, 0.2) is 29.1 Å². The molecule has 2 rings (SSSR count). The molecule has 0 unspecified atom stereocenters. The van der Waals surface area contributed by atoms with Crippen LogP contribution in [0.3, 0.4) is 0 Å². The summed E-state index contributed by atoms with van der Waals surface area (Å²) in [6.45, 7) is 3.71. The van der Waals surface area contributed by atoms with E-state index in [2.05, 4.69) is 4.98 Å². The second-order valence-electron chi connectivity index (χ2n) is 4.26. The number of halogens is 1. The third-order valence-corrected chi connectivity index (χ3v) is 2.75. The van der Waals surface area contributed by atoms with Gasteiger partial charge in [-0.15, -0.1) is 0 Å². The van der Waals surface area contributed by atoms with Gasteiger partial charge in [0.05, 0.1) is 6.54 Å². The molecule has 0 amide bonds. The van der Waals surface area contributed by atoms with E-state index < -0.39 is 5.82 Å². The molecule has 1 heterocycles. The van der Waals surface area contributed by atoms with Gasteiger partial charge in [0.25, 0.3) is 0 Å². The predicted octanol–water partition coefficient (Wildman–Crippen LogP) is 1.63. The van der Waals surface area contributed by atoms with Crippen LogP contribution in [0, 0.1) is 19.7 Å². The van der Waals surface area contributed by atoms with Gasteiger partial charge < -0.3 is 5.73 Å². The zero-order valence-corrected chi connectivity index (χ0v) is 10.3. The Morgan fingerprint density at radius 2 is 2.06 bits per heavy atom. The Morgan fingerprint density at radius 1 is 1.33 bits per heavy atom. The summed E-state index contributed by atoms with van der Waals surface area (Å²) in [4.78, 5) is 15.6. The fraction of sp³-hybridized carbons (Fsp3) is 0.231. The molecule has 2 aromatic rings. The highest BCUT2D eigenvalue weighted by Gasteiger charge is 2.07. The van der Waals surface area contributed by atoms with Crippen LogP contribution in [0.1, 0.15) is 17.0 Å². The molecule has 0 fully saturated rings. The maximum absolute atomic E-state index is 13.7. The van der Waals surface area contributed by atoms with E-state index in [0.717, 1.165) is 5.69 Å². The molecule has 5 heteroatoms. The summed E-state index contributed by atoms with van der Waals surface area (Å²) in [5.41, 5.74) is 7.30. The van der Waals surface area contributed by atoms with Gasteiger partial charge in [-0.05, 0) is 32.0 Å². The fourth-order valence-corrected chi connectivity index (χ4v) is 1.83. The Kier molecular flexibility index (Phi) is 3.14. The molecule has 0 bridgehead atoms. The van der Waals surface area contributed by atoms with Crippen LogP contribution in [-0.4, -0.2) is 9.55 Å². The van der Waals surface area contributed by atoms with Crippen molar-refractivity contribution >= 4 is 5.69 Å². The summed E-state index contributed by atoms with van der Waals surface area (Å²) in [5.74, 6) is -0.415. The number of nitrogens with two attached hydrogens (primary N) is 1. The highest BCUT2D eigenvalue weighted by atomic mass is 19.1. The van der Waals surface area contributed by atoms with Crippen molar-refractivity contribution in [2.75, 3.05) is 5.73 Å². The number of hydrogen-bond donors (Lipinski definition) is 1. The van der Waals surface area contributed by atoms with E-state index in [0.29, 0.717) is 16.9 Å². The molecule has 1 aromatic heterocycles. The van der Waals surface area contributed by atoms with Gasteiger partial charge in [0.1, 0.15) is 5.82 Å². The van der Waals surface area contributed by atoms with Crippen molar-refractivity contribution in [2.24, 2.45) is 0 Å². The van der Waals surface area contributed by atoms with Gasteiger partial charge in [0.15, 0.2) is 0 Å². The predicted molar refractivity (Wildman–Crippen MR) is 67.9 cm³/mol. The highest BCUT2D eigenvalue weighted by Crippen LogP contribution is 2.13. The van der Waals surface area contributed by atoms with Gasteiger partial charge in [-0.3, -0.25) is 4.57 Å². The fourth-order valence-electron chi connectivity index (χ4n) is 1.83. The van der Waals surface area contributed by atoms with Crippen molar-refractivity contribution in [3.8, 4) is 0 Å². The van der Waals surface area contributed by atoms with Crippen LogP contribution in [-0.2, 0) is 6.54 Å². The van der Waals surface area contributed by atoms with Gasteiger partial charge in [0.2, 0.25) is 0 Å².